The molecule has 0 saturated heterocycles. The van der Waals surface area contributed by atoms with Crippen LogP contribution < -0.4 is 5.32 Å². The summed E-state index contributed by atoms with van der Waals surface area (Å²) in [5.41, 5.74) is 1.34. The van der Waals surface area contributed by atoms with E-state index in [0.717, 1.165) is 29.4 Å². The topological polar surface area (TPSA) is 12.0 Å². The van der Waals surface area contributed by atoms with Gasteiger partial charge in [-0.2, -0.15) is 0 Å². The van der Waals surface area contributed by atoms with Crippen molar-refractivity contribution in [3.63, 3.8) is 0 Å². The van der Waals surface area contributed by atoms with Crippen molar-refractivity contribution in [2.24, 2.45) is 11.8 Å². The highest BCUT2D eigenvalue weighted by Gasteiger charge is 2.34. The van der Waals surface area contributed by atoms with Crippen LogP contribution in [0.2, 0.25) is 5.02 Å². The van der Waals surface area contributed by atoms with E-state index in [1.165, 1.54) is 44.1 Å². The molecule has 18 heavy (non-hydrogen) atoms. The molecule has 98 valence electrons. The van der Waals surface area contributed by atoms with Crippen molar-refractivity contribution >= 4 is 11.6 Å². The first kappa shape index (κ1) is 12.5. The van der Waals surface area contributed by atoms with Gasteiger partial charge in [-0.3, -0.25) is 0 Å². The molecular weight excluding hydrogens is 242 g/mol. The Morgan fingerprint density at radius 3 is 2.50 bits per heavy atom. The number of hydrogen-bond acceptors (Lipinski definition) is 1. The Labute approximate surface area is 115 Å². The lowest BCUT2D eigenvalue weighted by molar-refractivity contribution is 0.260. The smallest absolute Gasteiger partial charge is 0.0406 e. The zero-order chi connectivity index (χ0) is 12.4. The van der Waals surface area contributed by atoms with E-state index in [4.69, 9.17) is 11.6 Å². The van der Waals surface area contributed by atoms with Gasteiger partial charge in [0.25, 0.3) is 0 Å². The second-order valence-electron chi connectivity index (χ2n) is 5.97. The first-order valence-electron chi connectivity index (χ1n) is 7.29. The monoisotopic (exact) mass is 263 g/mol. The quantitative estimate of drug-likeness (QED) is 0.849. The van der Waals surface area contributed by atoms with E-state index in [1.54, 1.807) is 0 Å². The van der Waals surface area contributed by atoms with E-state index < -0.39 is 0 Å². The molecule has 0 aliphatic heterocycles. The number of halogens is 1. The summed E-state index contributed by atoms with van der Waals surface area (Å²) in [6.45, 7) is 0.985. The average Bonchev–Trinajstić information content (AvgIpc) is 3.23. The SMILES string of the molecule is Clc1ccc(CNC2CCCC(C3CC3)C2)cc1. The Hall–Kier alpha value is -0.530. The molecule has 0 bridgehead atoms. The molecule has 3 rings (SSSR count). The van der Waals surface area contributed by atoms with Crippen molar-refractivity contribution in [2.45, 2.75) is 51.1 Å². The van der Waals surface area contributed by atoms with Crippen LogP contribution in [-0.2, 0) is 6.54 Å². The maximum Gasteiger partial charge on any atom is 0.0406 e. The first-order chi connectivity index (χ1) is 8.81. The van der Waals surface area contributed by atoms with Gasteiger partial charge in [-0.1, -0.05) is 36.6 Å². The summed E-state index contributed by atoms with van der Waals surface area (Å²) in [6, 6.07) is 8.94. The standard InChI is InChI=1S/C16H22ClN/c17-15-8-4-12(5-9-15)11-18-16-3-1-2-14(10-16)13-6-7-13/h4-5,8-9,13-14,16,18H,1-3,6-7,10-11H2. The lowest BCUT2D eigenvalue weighted by Gasteiger charge is -2.30. The van der Waals surface area contributed by atoms with Gasteiger partial charge in [-0.15, -0.1) is 0 Å². The zero-order valence-corrected chi connectivity index (χ0v) is 11.6. The van der Waals surface area contributed by atoms with Crippen molar-refractivity contribution < 1.29 is 0 Å². The number of benzene rings is 1. The highest BCUT2D eigenvalue weighted by molar-refractivity contribution is 6.30. The second-order valence-corrected chi connectivity index (χ2v) is 6.40. The summed E-state index contributed by atoms with van der Waals surface area (Å²) in [4.78, 5) is 0. The van der Waals surface area contributed by atoms with Gasteiger partial charge >= 0.3 is 0 Å². The molecule has 2 aliphatic rings. The third-order valence-corrected chi connectivity index (χ3v) is 4.76. The Bertz CT molecular complexity index is 383. The fourth-order valence-electron chi connectivity index (χ4n) is 3.27. The molecule has 0 amide bonds. The summed E-state index contributed by atoms with van der Waals surface area (Å²) in [5.74, 6) is 2.09. The molecule has 1 N–H and O–H groups in total. The van der Waals surface area contributed by atoms with Crippen molar-refractivity contribution in [3.05, 3.63) is 34.9 Å². The van der Waals surface area contributed by atoms with Crippen LogP contribution in [0, 0.1) is 11.8 Å². The number of nitrogens with one attached hydrogen (secondary N) is 1. The minimum Gasteiger partial charge on any atom is -0.310 e. The molecule has 0 aromatic heterocycles. The summed E-state index contributed by atoms with van der Waals surface area (Å²) >= 11 is 5.90. The minimum absolute atomic E-state index is 0.736. The third kappa shape index (κ3) is 3.27. The van der Waals surface area contributed by atoms with Crippen LogP contribution in [-0.4, -0.2) is 6.04 Å². The molecule has 2 saturated carbocycles. The van der Waals surface area contributed by atoms with E-state index in [-0.39, 0.29) is 0 Å². The van der Waals surface area contributed by atoms with Gasteiger partial charge in [0.15, 0.2) is 0 Å². The predicted octanol–water partition coefficient (Wildman–Crippen LogP) is 4.40. The van der Waals surface area contributed by atoms with Crippen LogP contribution in [0.15, 0.2) is 24.3 Å². The van der Waals surface area contributed by atoms with Crippen molar-refractivity contribution in [1.29, 1.82) is 0 Å². The van der Waals surface area contributed by atoms with Gasteiger partial charge in [0.05, 0.1) is 0 Å². The maximum atomic E-state index is 5.90. The molecule has 2 unspecified atom stereocenters. The molecule has 1 aromatic carbocycles. The van der Waals surface area contributed by atoms with E-state index in [1.807, 2.05) is 12.1 Å². The molecule has 0 spiro atoms. The highest BCUT2D eigenvalue weighted by atomic mass is 35.5. The van der Waals surface area contributed by atoms with Crippen molar-refractivity contribution in [1.82, 2.24) is 5.32 Å². The lowest BCUT2D eigenvalue weighted by atomic mass is 9.82. The van der Waals surface area contributed by atoms with Crippen LogP contribution >= 0.6 is 11.6 Å². The highest BCUT2D eigenvalue weighted by Crippen LogP contribution is 2.43. The van der Waals surface area contributed by atoms with Crippen LogP contribution in [0.4, 0.5) is 0 Å². The molecule has 2 heteroatoms. The van der Waals surface area contributed by atoms with Crippen LogP contribution in [0.1, 0.15) is 44.1 Å². The van der Waals surface area contributed by atoms with Crippen LogP contribution in [0.25, 0.3) is 0 Å². The first-order valence-corrected chi connectivity index (χ1v) is 7.67. The van der Waals surface area contributed by atoms with E-state index in [9.17, 15) is 0 Å². The Morgan fingerprint density at radius 2 is 1.78 bits per heavy atom. The van der Waals surface area contributed by atoms with Crippen molar-refractivity contribution in [3.8, 4) is 0 Å². The molecular formula is C16H22ClN. The zero-order valence-electron chi connectivity index (χ0n) is 10.9. The van der Waals surface area contributed by atoms with Gasteiger partial charge in [0.2, 0.25) is 0 Å². The Balaban J connectivity index is 1.48. The third-order valence-electron chi connectivity index (χ3n) is 4.51. The van der Waals surface area contributed by atoms with Crippen LogP contribution in [0.5, 0.6) is 0 Å². The molecule has 0 radical (unpaired) electrons. The van der Waals surface area contributed by atoms with Gasteiger partial charge in [-0.05, 0) is 55.2 Å². The Kier molecular flexibility index (Phi) is 3.91. The van der Waals surface area contributed by atoms with E-state index in [0.29, 0.717) is 0 Å². The molecule has 1 aromatic rings. The molecule has 2 aliphatic carbocycles. The van der Waals surface area contributed by atoms with E-state index in [2.05, 4.69) is 17.4 Å². The summed E-state index contributed by atoms with van der Waals surface area (Å²) in [6.07, 6.45) is 8.64. The number of hydrogen-bond donors (Lipinski definition) is 1. The normalized spacial score (nSPS) is 28.3. The average molecular weight is 264 g/mol. The molecule has 2 fully saturated rings. The Morgan fingerprint density at radius 1 is 1.00 bits per heavy atom. The minimum atomic E-state index is 0.736. The molecule has 2 atom stereocenters. The fourth-order valence-corrected chi connectivity index (χ4v) is 3.40. The summed E-state index contributed by atoms with van der Waals surface area (Å²) < 4.78 is 0. The fraction of sp³-hybridized carbons (Fsp3) is 0.625. The molecule has 0 heterocycles. The van der Waals surface area contributed by atoms with E-state index >= 15 is 0 Å². The number of rotatable bonds is 4. The van der Waals surface area contributed by atoms with Gasteiger partial charge in [0, 0.05) is 17.6 Å². The summed E-state index contributed by atoms with van der Waals surface area (Å²) in [7, 11) is 0. The molecule has 1 nitrogen and oxygen atoms in total. The largest absolute Gasteiger partial charge is 0.310 e. The predicted molar refractivity (Wildman–Crippen MR) is 76.8 cm³/mol. The maximum absolute atomic E-state index is 5.90. The van der Waals surface area contributed by atoms with Gasteiger partial charge in [-0.25, -0.2) is 0 Å². The summed E-state index contributed by atoms with van der Waals surface area (Å²) in [5, 5.41) is 4.55. The van der Waals surface area contributed by atoms with Gasteiger partial charge in [0.1, 0.15) is 0 Å². The van der Waals surface area contributed by atoms with Gasteiger partial charge < -0.3 is 5.32 Å². The second kappa shape index (κ2) is 5.63. The van der Waals surface area contributed by atoms with Crippen molar-refractivity contribution in [2.75, 3.05) is 0 Å². The lowest BCUT2D eigenvalue weighted by Crippen LogP contribution is -2.34. The van der Waals surface area contributed by atoms with Crippen LogP contribution in [0.3, 0.4) is 0 Å².